The third-order valence-corrected chi connectivity index (χ3v) is 4.50. The first kappa shape index (κ1) is 19.9. The van der Waals surface area contributed by atoms with Crippen LogP contribution in [0.1, 0.15) is 46.5 Å². The lowest BCUT2D eigenvalue weighted by Gasteiger charge is -2.23. The van der Waals surface area contributed by atoms with Gasteiger partial charge in [0.15, 0.2) is 5.41 Å². The molecule has 0 N–H and O–H groups in total. The van der Waals surface area contributed by atoms with E-state index in [1.54, 1.807) is 20.8 Å². The molecule has 2 aliphatic carbocycles. The fourth-order valence-corrected chi connectivity index (χ4v) is 3.36. The van der Waals surface area contributed by atoms with Crippen molar-refractivity contribution in [1.82, 2.24) is 0 Å². The van der Waals surface area contributed by atoms with Crippen LogP contribution in [0.5, 0.6) is 0 Å². The second-order valence-corrected chi connectivity index (χ2v) is 6.29. The summed E-state index contributed by atoms with van der Waals surface area (Å²) in [5.74, 6) is -1.49. The molecule has 0 unspecified atom stereocenters. The van der Waals surface area contributed by atoms with Crippen molar-refractivity contribution in [2.24, 2.45) is 5.41 Å². The van der Waals surface area contributed by atoms with Gasteiger partial charge in [0, 0.05) is 6.08 Å². The predicted molar refractivity (Wildman–Crippen MR) is 95.0 cm³/mol. The largest absolute Gasteiger partial charge is 0.465 e. The summed E-state index contributed by atoms with van der Waals surface area (Å²) >= 11 is 0. The molecule has 0 aromatic rings. The minimum absolute atomic E-state index is 0.200. The Hall–Kier alpha value is -2.37. The number of carbonyl (C=O) groups is 3. The van der Waals surface area contributed by atoms with Crippen LogP contribution in [0, 0.1) is 5.41 Å². The van der Waals surface area contributed by atoms with Crippen LogP contribution in [0.2, 0.25) is 0 Å². The first-order valence-corrected chi connectivity index (χ1v) is 9.08. The molecule has 1 fully saturated rings. The Balaban J connectivity index is 2.35. The van der Waals surface area contributed by atoms with Crippen molar-refractivity contribution in [2.45, 2.75) is 46.5 Å². The van der Waals surface area contributed by atoms with Crippen LogP contribution in [0.4, 0.5) is 0 Å². The van der Waals surface area contributed by atoms with Gasteiger partial charge >= 0.3 is 17.9 Å². The number of allylic oxidation sites excluding steroid dienone is 5. The maximum absolute atomic E-state index is 12.6. The van der Waals surface area contributed by atoms with Crippen molar-refractivity contribution in [1.29, 1.82) is 0 Å². The molecular weight excluding hydrogens is 336 g/mol. The Labute approximate surface area is 153 Å². The maximum atomic E-state index is 12.6. The molecule has 2 aliphatic rings. The molecule has 142 valence electrons. The van der Waals surface area contributed by atoms with E-state index >= 15 is 0 Å². The van der Waals surface area contributed by atoms with E-state index in [4.69, 9.17) is 14.2 Å². The van der Waals surface area contributed by atoms with Crippen molar-refractivity contribution in [3.05, 3.63) is 34.9 Å². The molecule has 0 aromatic carbocycles. The van der Waals surface area contributed by atoms with Gasteiger partial charge in [0.05, 0.1) is 19.8 Å². The fourth-order valence-electron chi connectivity index (χ4n) is 3.36. The number of rotatable bonds is 6. The zero-order valence-electron chi connectivity index (χ0n) is 15.6. The SMILES string of the molecule is CCOC(=O)/C=C1\C=C2CC(C(=O)OCC)(C(=O)OCC)CC2=CCC1. The summed E-state index contributed by atoms with van der Waals surface area (Å²) in [6, 6.07) is 0. The molecule has 0 atom stereocenters. The van der Waals surface area contributed by atoms with E-state index in [2.05, 4.69) is 0 Å². The number of fused-ring (bicyclic) bond motifs is 1. The van der Waals surface area contributed by atoms with Crippen LogP contribution in [0.15, 0.2) is 34.9 Å². The highest BCUT2D eigenvalue weighted by Crippen LogP contribution is 2.48. The van der Waals surface area contributed by atoms with Gasteiger partial charge in [-0.3, -0.25) is 9.59 Å². The molecule has 2 rings (SSSR count). The van der Waals surface area contributed by atoms with E-state index in [0.717, 1.165) is 23.1 Å². The number of carbonyl (C=O) groups excluding carboxylic acids is 3. The van der Waals surface area contributed by atoms with Gasteiger partial charge in [-0.1, -0.05) is 12.2 Å². The van der Waals surface area contributed by atoms with Gasteiger partial charge in [-0.2, -0.15) is 0 Å². The number of hydrogen-bond donors (Lipinski definition) is 0. The Morgan fingerprint density at radius 2 is 1.54 bits per heavy atom. The average molecular weight is 362 g/mol. The minimum atomic E-state index is -1.34. The van der Waals surface area contributed by atoms with E-state index < -0.39 is 17.4 Å². The standard InChI is InChI=1S/C20H26O6/c1-4-24-17(21)11-14-8-7-9-15-12-20(13-16(15)10-14,18(22)25-5-2)19(23)26-6-3/h9-11H,4-8,12-13H2,1-3H3/b14-11-. The summed E-state index contributed by atoms with van der Waals surface area (Å²) in [6.07, 6.45) is 7.30. The van der Waals surface area contributed by atoms with E-state index in [9.17, 15) is 14.4 Å². The van der Waals surface area contributed by atoms with E-state index in [0.29, 0.717) is 13.0 Å². The molecule has 6 nitrogen and oxygen atoms in total. The topological polar surface area (TPSA) is 78.9 Å². The normalized spacial score (nSPS) is 19.7. The molecule has 1 saturated carbocycles. The molecule has 0 aliphatic heterocycles. The molecule has 0 bridgehead atoms. The summed E-state index contributed by atoms with van der Waals surface area (Å²) in [7, 11) is 0. The summed E-state index contributed by atoms with van der Waals surface area (Å²) < 4.78 is 15.3. The first-order valence-electron chi connectivity index (χ1n) is 9.08. The lowest BCUT2D eigenvalue weighted by molar-refractivity contribution is -0.171. The summed E-state index contributed by atoms with van der Waals surface area (Å²) in [5, 5.41) is 0. The van der Waals surface area contributed by atoms with Gasteiger partial charge in [0.25, 0.3) is 0 Å². The predicted octanol–water partition coefficient (Wildman–Crippen LogP) is 3.03. The molecular formula is C20H26O6. The van der Waals surface area contributed by atoms with E-state index in [1.165, 1.54) is 6.08 Å². The first-order chi connectivity index (χ1) is 12.5. The van der Waals surface area contributed by atoms with Crippen molar-refractivity contribution in [2.75, 3.05) is 19.8 Å². The van der Waals surface area contributed by atoms with Gasteiger partial charge in [-0.25, -0.2) is 4.79 Å². The Morgan fingerprint density at radius 1 is 0.962 bits per heavy atom. The van der Waals surface area contributed by atoms with Crippen LogP contribution in [0.25, 0.3) is 0 Å². The molecule has 0 aromatic heterocycles. The quantitative estimate of drug-likeness (QED) is 0.313. The summed E-state index contributed by atoms with van der Waals surface area (Å²) in [5.41, 5.74) is 1.31. The summed E-state index contributed by atoms with van der Waals surface area (Å²) in [6.45, 7) is 5.90. The Kier molecular flexibility index (Phi) is 6.77. The Morgan fingerprint density at radius 3 is 2.12 bits per heavy atom. The lowest BCUT2D eigenvalue weighted by atomic mass is 9.85. The van der Waals surface area contributed by atoms with Crippen molar-refractivity contribution < 1.29 is 28.6 Å². The second-order valence-electron chi connectivity index (χ2n) is 6.29. The van der Waals surface area contributed by atoms with Gasteiger partial charge in [0.2, 0.25) is 0 Å². The average Bonchev–Trinajstić information content (AvgIpc) is 2.85. The van der Waals surface area contributed by atoms with Crippen LogP contribution in [-0.4, -0.2) is 37.7 Å². The van der Waals surface area contributed by atoms with Gasteiger partial charge in [-0.05, 0) is 63.2 Å². The van der Waals surface area contributed by atoms with Crippen molar-refractivity contribution in [3.63, 3.8) is 0 Å². The van der Waals surface area contributed by atoms with Crippen LogP contribution in [0.3, 0.4) is 0 Å². The van der Waals surface area contributed by atoms with E-state index in [-0.39, 0.29) is 32.0 Å². The zero-order valence-corrected chi connectivity index (χ0v) is 15.6. The number of hydrogen-bond acceptors (Lipinski definition) is 6. The van der Waals surface area contributed by atoms with E-state index in [1.807, 2.05) is 12.2 Å². The fraction of sp³-hybridized carbons (Fsp3) is 0.550. The third kappa shape index (κ3) is 4.23. The van der Waals surface area contributed by atoms with Gasteiger partial charge in [0.1, 0.15) is 0 Å². The Bertz CT molecular complexity index is 650. The van der Waals surface area contributed by atoms with Crippen molar-refractivity contribution >= 4 is 17.9 Å². The van der Waals surface area contributed by atoms with Crippen LogP contribution in [-0.2, 0) is 28.6 Å². The molecule has 0 amide bonds. The molecule has 0 spiro atoms. The highest BCUT2D eigenvalue weighted by Gasteiger charge is 2.54. The van der Waals surface area contributed by atoms with Crippen LogP contribution < -0.4 is 0 Å². The third-order valence-electron chi connectivity index (χ3n) is 4.50. The minimum Gasteiger partial charge on any atom is -0.465 e. The summed E-state index contributed by atoms with van der Waals surface area (Å²) in [4.78, 5) is 36.9. The van der Waals surface area contributed by atoms with Crippen molar-refractivity contribution in [3.8, 4) is 0 Å². The molecule has 0 saturated heterocycles. The number of ether oxygens (including phenoxy) is 3. The number of esters is 3. The molecule has 6 heteroatoms. The monoisotopic (exact) mass is 362 g/mol. The van der Waals surface area contributed by atoms with Gasteiger partial charge in [-0.15, -0.1) is 0 Å². The maximum Gasteiger partial charge on any atom is 0.331 e. The molecule has 26 heavy (non-hydrogen) atoms. The van der Waals surface area contributed by atoms with Gasteiger partial charge < -0.3 is 14.2 Å². The highest BCUT2D eigenvalue weighted by atomic mass is 16.6. The van der Waals surface area contributed by atoms with Crippen LogP contribution >= 0.6 is 0 Å². The molecule has 0 radical (unpaired) electrons. The lowest BCUT2D eigenvalue weighted by Crippen LogP contribution is -2.40. The zero-order chi connectivity index (χ0) is 19.2. The molecule has 0 heterocycles. The second kappa shape index (κ2) is 8.83. The smallest absolute Gasteiger partial charge is 0.331 e. The highest BCUT2D eigenvalue weighted by molar-refractivity contribution is 6.02.